The molecule has 12 rings (SSSR count). The topological polar surface area (TPSA) is 212 Å². The number of ether oxygens (including phenoxy) is 3. The number of ketones is 1. The maximum Gasteiger partial charge on any atom is 0.201 e. The number of aliphatic hydroxyl groups is 7. The smallest absolute Gasteiger partial charge is 0.201 e. The van der Waals surface area contributed by atoms with Crippen LogP contribution < -0.4 is 0 Å². The highest BCUT2D eigenvalue weighted by Crippen LogP contribution is 2.72. The minimum Gasteiger partial charge on any atom is -0.393 e. The van der Waals surface area contributed by atoms with Crippen LogP contribution in [0.2, 0.25) is 0 Å². The molecule has 7 N–H and O–H groups in total. The third-order valence-electron chi connectivity index (χ3n) is 22.5. The van der Waals surface area contributed by atoms with Gasteiger partial charge in [-0.3, -0.25) is 14.8 Å². The molecule has 67 heavy (non-hydrogen) atoms. The molecule has 1 aromatic rings. The minimum absolute atomic E-state index is 0.0382. The fourth-order valence-corrected chi connectivity index (χ4v) is 18.6. The summed E-state index contributed by atoms with van der Waals surface area (Å²) in [6.45, 7) is 15.3. The second-order valence-electron chi connectivity index (χ2n) is 26.0. The molecular weight excluding hydrogens is 853 g/mol. The molecule has 0 aromatic carbocycles. The standard InChI is InChI=1S/C54H76N2O11/c1-26-32-13-14-33-30-11-9-28-15-37-40(21-49(28,7)35(30)18-42(59)51(32,33)25-65-53(26,64)43(60)22-46(3,4)62)56-38-16-29-10-12-31-34(48(29,6)20-39(38)55-37)17-41(58)50(8)36(31)19-45-52(50,63)27(2)54(66-45)44(61)23-47(5,24-57)67-54/h14,19,26-32,34-35,41,43-45,57-58,60-64H,9-13,15-18,20-25H2,1-8H3. The Morgan fingerprint density at radius 3 is 2.04 bits per heavy atom. The van der Waals surface area contributed by atoms with Crippen molar-refractivity contribution in [1.82, 2.24) is 9.97 Å². The van der Waals surface area contributed by atoms with Crippen LogP contribution in [0.5, 0.6) is 0 Å². The van der Waals surface area contributed by atoms with Gasteiger partial charge in [0.1, 0.15) is 29.7 Å². The fraction of sp³-hybridized carbons (Fsp3) is 0.833. The van der Waals surface area contributed by atoms with Gasteiger partial charge in [-0.15, -0.1) is 0 Å². The molecule has 8 aliphatic carbocycles. The summed E-state index contributed by atoms with van der Waals surface area (Å²) in [5.41, 5.74) is 0.875. The maximum absolute atomic E-state index is 14.8. The maximum atomic E-state index is 14.8. The predicted octanol–water partition coefficient (Wildman–Crippen LogP) is 4.46. The van der Waals surface area contributed by atoms with Crippen molar-refractivity contribution in [2.24, 2.45) is 74.9 Å². The van der Waals surface area contributed by atoms with Crippen LogP contribution in [0.3, 0.4) is 0 Å². The van der Waals surface area contributed by atoms with Crippen molar-refractivity contribution in [2.45, 2.75) is 192 Å². The molecule has 21 atom stereocenters. The lowest BCUT2D eigenvalue weighted by atomic mass is 9.44. The number of aromatic nitrogens is 2. The highest BCUT2D eigenvalue weighted by molar-refractivity contribution is 5.91. The summed E-state index contributed by atoms with van der Waals surface area (Å²) in [5, 5.41) is 80.4. The zero-order valence-corrected chi connectivity index (χ0v) is 40.9. The summed E-state index contributed by atoms with van der Waals surface area (Å²) in [6.07, 6.45) is 9.46. The first-order valence-corrected chi connectivity index (χ1v) is 26.0. The Kier molecular flexibility index (Phi) is 9.65. The molecule has 0 radical (unpaired) electrons. The Hall–Kier alpha value is -2.17. The molecule has 13 nitrogen and oxygen atoms in total. The van der Waals surface area contributed by atoms with Gasteiger partial charge in [-0.25, -0.2) is 0 Å². The molecule has 2 spiro atoms. The summed E-state index contributed by atoms with van der Waals surface area (Å²) in [4.78, 5) is 26.0. The number of hydrogen-bond donors (Lipinski definition) is 7. The first-order chi connectivity index (χ1) is 31.3. The Morgan fingerprint density at radius 1 is 0.836 bits per heavy atom. The number of Topliss-reactive ketones (excluding diaryl/α,β-unsaturated/α-hetero) is 1. The highest BCUT2D eigenvalue weighted by Gasteiger charge is 2.79. The average molecular weight is 929 g/mol. The molecule has 13 heteroatoms. The third-order valence-corrected chi connectivity index (χ3v) is 22.5. The van der Waals surface area contributed by atoms with Crippen molar-refractivity contribution in [3.63, 3.8) is 0 Å². The van der Waals surface area contributed by atoms with E-state index in [0.29, 0.717) is 31.1 Å². The van der Waals surface area contributed by atoms with E-state index >= 15 is 0 Å². The molecular formula is C54H76N2O11. The van der Waals surface area contributed by atoms with E-state index in [4.69, 9.17) is 24.2 Å². The monoisotopic (exact) mass is 929 g/mol. The van der Waals surface area contributed by atoms with Gasteiger partial charge in [-0.2, -0.15) is 0 Å². The Morgan fingerprint density at radius 2 is 1.45 bits per heavy atom. The Bertz CT molecular complexity index is 2370. The van der Waals surface area contributed by atoms with Crippen molar-refractivity contribution in [3.05, 3.63) is 46.1 Å². The van der Waals surface area contributed by atoms with Gasteiger partial charge in [0.15, 0.2) is 5.79 Å². The van der Waals surface area contributed by atoms with Gasteiger partial charge in [-0.05, 0) is 137 Å². The summed E-state index contributed by atoms with van der Waals surface area (Å²) in [5.74, 6) is -3.04. The number of carbonyl (C=O) groups is 1. The first-order valence-electron chi connectivity index (χ1n) is 26.0. The van der Waals surface area contributed by atoms with E-state index in [1.165, 1.54) is 5.57 Å². The van der Waals surface area contributed by atoms with E-state index in [1.54, 1.807) is 20.8 Å². The van der Waals surface area contributed by atoms with Crippen LogP contribution in [0.4, 0.5) is 0 Å². The van der Waals surface area contributed by atoms with Crippen LogP contribution in [0.1, 0.15) is 136 Å². The highest BCUT2D eigenvalue weighted by atomic mass is 16.7. The molecule has 21 unspecified atom stereocenters. The number of fused-ring (bicyclic) bond motifs is 13. The Labute approximate surface area is 395 Å². The molecule has 11 aliphatic rings. The van der Waals surface area contributed by atoms with Gasteiger partial charge in [-0.1, -0.05) is 57.9 Å². The van der Waals surface area contributed by atoms with Crippen molar-refractivity contribution in [2.75, 3.05) is 13.2 Å². The first kappa shape index (κ1) is 45.9. The van der Waals surface area contributed by atoms with Crippen molar-refractivity contribution in [3.8, 4) is 0 Å². The van der Waals surface area contributed by atoms with Gasteiger partial charge in [0.05, 0.1) is 58.7 Å². The fourth-order valence-electron chi connectivity index (χ4n) is 18.6. The van der Waals surface area contributed by atoms with Gasteiger partial charge >= 0.3 is 0 Å². The van der Waals surface area contributed by atoms with Crippen molar-refractivity contribution < 1.29 is 54.8 Å². The molecule has 3 saturated heterocycles. The molecule has 0 bridgehead atoms. The van der Waals surface area contributed by atoms with Crippen LogP contribution in [-0.2, 0) is 44.7 Å². The average Bonchev–Trinajstić information content (AvgIpc) is 3.92. The van der Waals surface area contributed by atoms with E-state index < -0.39 is 75.5 Å². The lowest BCUT2D eigenvalue weighted by Crippen LogP contribution is -2.65. The van der Waals surface area contributed by atoms with Crippen LogP contribution in [0, 0.1) is 74.9 Å². The van der Waals surface area contributed by atoms with Crippen molar-refractivity contribution >= 4 is 5.78 Å². The van der Waals surface area contributed by atoms with Gasteiger partial charge in [0.25, 0.3) is 0 Å². The zero-order valence-electron chi connectivity index (χ0n) is 40.9. The van der Waals surface area contributed by atoms with Crippen molar-refractivity contribution in [1.29, 1.82) is 0 Å². The molecule has 4 saturated carbocycles. The van der Waals surface area contributed by atoms with E-state index in [9.17, 15) is 40.5 Å². The van der Waals surface area contributed by atoms with E-state index in [-0.39, 0.29) is 72.3 Å². The largest absolute Gasteiger partial charge is 0.393 e. The number of nitrogens with zero attached hydrogens (tertiary/aromatic N) is 2. The minimum atomic E-state index is -1.85. The predicted molar refractivity (Wildman–Crippen MR) is 243 cm³/mol. The summed E-state index contributed by atoms with van der Waals surface area (Å²) < 4.78 is 19.3. The molecule has 0 amide bonds. The van der Waals surface area contributed by atoms with Gasteiger partial charge in [0, 0.05) is 36.5 Å². The number of rotatable bonds is 4. The lowest BCUT2D eigenvalue weighted by molar-refractivity contribution is -0.331. The SMILES string of the molecule is CC1C2CC=C3C4CCC5Cc6nc7c(nc6CC5(C)C4CC(=O)C32COC1(O)C(O)CC(C)(C)O)CC1CCC2C3=CC4OC5(OC(C)(CO)CC5O)C(C)C4(O)C3(C)C(O)CC2C1(C)C7. The lowest BCUT2D eigenvalue weighted by Gasteiger charge is -2.61. The molecule has 3 aliphatic heterocycles. The third kappa shape index (κ3) is 5.60. The van der Waals surface area contributed by atoms with Crippen LogP contribution >= 0.6 is 0 Å². The summed E-state index contributed by atoms with van der Waals surface area (Å²) in [7, 11) is 0. The molecule has 368 valence electrons. The normalized spacial score (nSPS) is 54.0. The molecule has 4 heterocycles. The van der Waals surface area contributed by atoms with Crippen LogP contribution in [-0.4, -0.2) is 118 Å². The second kappa shape index (κ2) is 14.1. The van der Waals surface area contributed by atoms with Crippen LogP contribution in [0.25, 0.3) is 0 Å². The quantitative estimate of drug-likeness (QED) is 0.208. The number of allylic oxidation sites excluding steroid dienone is 1. The zero-order chi connectivity index (χ0) is 47.6. The van der Waals surface area contributed by atoms with E-state index in [0.717, 1.165) is 79.7 Å². The van der Waals surface area contributed by atoms with E-state index in [1.807, 2.05) is 20.8 Å². The summed E-state index contributed by atoms with van der Waals surface area (Å²) >= 11 is 0. The number of hydrogen-bond acceptors (Lipinski definition) is 13. The van der Waals surface area contributed by atoms with Gasteiger partial charge in [0.2, 0.25) is 5.79 Å². The summed E-state index contributed by atoms with van der Waals surface area (Å²) in [6, 6.07) is 0. The van der Waals surface area contributed by atoms with Crippen LogP contribution in [0.15, 0.2) is 23.3 Å². The Balaban J connectivity index is 0.794. The number of aliphatic hydroxyl groups excluding tert-OH is 4. The number of carbonyl (C=O) groups excluding carboxylic acids is 1. The van der Waals surface area contributed by atoms with E-state index in [2.05, 4.69) is 26.0 Å². The molecule has 7 fully saturated rings. The second-order valence-corrected chi connectivity index (χ2v) is 26.0. The van der Waals surface area contributed by atoms with Gasteiger partial charge < -0.3 is 50.0 Å². The molecule has 1 aromatic heterocycles.